The number of nitrogens with two attached hydrogens (primary N) is 1. The normalized spacial score (nSPS) is 9.68. The number of nitrogens with zero attached hydrogens (tertiary/aromatic N) is 1. The van der Waals surface area contributed by atoms with Gasteiger partial charge >= 0.3 is 0 Å². The Hall–Kier alpha value is -2.87. The Labute approximate surface area is 109 Å². The molecule has 5 heteroatoms. The van der Waals surface area contributed by atoms with Crippen molar-refractivity contribution in [3.05, 3.63) is 59.4 Å². The molecule has 0 aliphatic carbocycles. The number of nitrogen functional groups attached to an aromatic ring is 1. The standard InChI is InChI=1S/C14H10FN3O/c15-13-7-10(17)4-5-12(13)14(19)18-11-3-1-2-9(6-11)8-16/h1-7H,17H2,(H,18,19). The van der Waals surface area contributed by atoms with Crippen molar-refractivity contribution in [2.45, 2.75) is 0 Å². The molecule has 0 saturated heterocycles. The number of nitrogens with one attached hydrogen (secondary N) is 1. The molecule has 0 bridgehead atoms. The van der Waals surface area contributed by atoms with Gasteiger partial charge in [-0.3, -0.25) is 4.79 Å². The first-order valence-electron chi connectivity index (χ1n) is 5.46. The Morgan fingerprint density at radius 1 is 1.26 bits per heavy atom. The molecule has 0 aliphatic rings. The maximum atomic E-state index is 13.6. The van der Waals surface area contributed by atoms with E-state index in [1.54, 1.807) is 18.2 Å². The van der Waals surface area contributed by atoms with Gasteiger partial charge in [-0.15, -0.1) is 0 Å². The van der Waals surface area contributed by atoms with Gasteiger partial charge in [-0.25, -0.2) is 4.39 Å². The number of nitriles is 1. The molecule has 0 radical (unpaired) electrons. The van der Waals surface area contributed by atoms with Gasteiger partial charge in [-0.2, -0.15) is 5.26 Å². The summed E-state index contributed by atoms with van der Waals surface area (Å²) >= 11 is 0. The molecule has 1 amide bonds. The van der Waals surface area contributed by atoms with E-state index in [2.05, 4.69) is 5.32 Å². The molecule has 0 aromatic heterocycles. The lowest BCUT2D eigenvalue weighted by Gasteiger charge is -2.06. The average molecular weight is 255 g/mol. The molecule has 2 rings (SSSR count). The predicted octanol–water partition coefficient (Wildman–Crippen LogP) is 2.53. The van der Waals surface area contributed by atoms with Crippen LogP contribution in [0.1, 0.15) is 15.9 Å². The number of hydrogen-bond donors (Lipinski definition) is 2. The Morgan fingerprint density at radius 2 is 2.05 bits per heavy atom. The number of amides is 1. The summed E-state index contributed by atoms with van der Waals surface area (Å²) in [6.07, 6.45) is 0. The molecule has 0 aliphatic heterocycles. The van der Waals surface area contributed by atoms with Crippen LogP contribution in [-0.4, -0.2) is 5.91 Å². The number of anilines is 2. The van der Waals surface area contributed by atoms with Crippen LogP contribution in [0.4, 0.5) is 15.8 Å². The van der Waals surface area contributed by atoms with Crippen molar-refractivity contribution in [2.24, 2.45) is 0 Å². The maximum Gasteiger partial charge on any atom is 0.258 e. The van der Waals surface area contributed by atoms with Crippen LogP contribution < -0.4 is 11.1 Å². The minimum Gasteiger partial charge on any atom is -0.399 e. The summed E-state index contributed by atoms with van der Waals surface area (Å²) in [6, 6.07) is 12.2. The van der Waals surface area contributed by atoms with Crippen LogP contribution in [0.25, 0.3) is 0 Å². The second-order valence-corrected chi connectivity index (χ2v) is 3.89. The average Bonchev–Trinajstić information content (AvgIpc) is 2.38. The van der Waals surface area contributed by atoms with Gasteiger partial charge in [0, 0.05) is 11.4 Å². The molecule has 19 heavy (non-hydrogen) atoms. The van der Waals surface area contributed by atoms with Gasteiger partial charge in [-0.1, -0.05) is 6.07 Å². The Kier molecular flexibility index (Phi) is 3.44. The van der Waals surface area contributed by atoms with Gasteiger partial charge in [0.1, 0.15) is 5.82 Å². The smallest absolute Gasteiger partial charge is 0.258 e. The van der Waals surface area contributed by atoms with Crippen molar-refractivity contribution in [3.8, 4) is 6.07 Å². The number of halogens is 1. The van der Waals surface area contributed by atoms with Crippen molar-refractivity contribution in [1.82, 2.24) is 0 Å². The fraction of sp³-hybridized carbons (Fsp3) is 0. The fourth-order valence-corrected chi connectivity index (χ4v) is 1.58. The summed E-state index contributed by atoms with van der Waals surface area (Å²) in [7, 11) is 0. The first-order valence-corrected chi connectivity index (χ1v) is 5.46. The molecule has 0 atom stereocenters. The van der Waals surface area contributed by atoms with E-state index in [1.807, 2.05) is 6.07 Å². The van der Waals surface area contributed by atoms with E-state index in [0.29, 0.717) is 11.3 Å². The van der Waals surface area contributed by atoms with E-state index in [-0.39, 0.29) is 11.3 Å². The molecule has 0 saturated carbocycles. The van der Waals surface area contributed by atoms with Crippen LogP contribution in [-0.2, 0) is 0 Å². The minimum absolute atomic E-state index is 0.100. The van der Waals surface area contributed by atoms with Crippen molar-refractivity contribution < 1.29 is 9.18 Å². The molecule has 0 unspecified atom stereocenters. The summed E-state index contributed by atoms with van der Waals surface area (Å²) < 4.78 is 13.6. The number of rotatable bonds is 2. The summed E-state index contributed by atoms with van der Waals surface area (Å²) in [6.45, 7) is 0. The highest BCUT2D eigenvalue weighted by atomic mass is 19.1. The van der Waals surface area contributed by atoms with Gasteiger partial charge in [0.25, 0.3) is 5.91 Å². The van der Waals surface area contributed by atoms with E-state index < -0.39 is 11.7 Å². The topological polar surface area (TPSA) is 78.9 Å². The zero-order chi connectivity index (χ0) is 13.8. The third-order valence-corrected chi connectivity index (χ3v) is 2.49. The highest BCUT2D eigenvalue weighted by Crippen LogP contribution is 2.15. The van der Waals surface area contributed by atoms with Crippen molar-refractivity contribution in [2.75, 3.05) is 11.1 Å². The first kappa shape index (κ1) is 12.6. The Bertz CT molecular complexity index is 677. The molecule has 0 spiro atoms. The third-order valence-electron chi connectivity index (χ3n) is 2.49. The van der Waals surface area contributed by atoms with Gasteiger partial charge in [0.05, 0.1) is 17.2 Å². The Morgan fingerprint density at radius 3 is 2.74 bits per heavy atom. The number of carbonyl (C=O) groups is 1. The van der Waals surface area contributed by atoms with Crippen molar-refractivity contribution >= 4 is 17.3 Å². The molecule has 2 aromatic rings. The fourth-order valence-electron chi connectivity index (χ4n) is 1.58. The monoisotopic (exact) mass is 255 g/mol. The second kappa shape index (κ2) is 5.19. The van der Waals surface area contributed by atoms with E-state index in [9.17, 15) is 9.18 Å². The van der Waals surface area contributed by atoms with Crippen LogP contribution in [0, 0.1) is 17.1 Å². The number of benzene rings is 2. The van der Waals surface area contributed by atoms with E-state index >= 15 is 0 Å². The van der Waals surface area contributed by atoms with Crippen molar-refractivity contribution in [1.29, 1.82) is 5.26 Å². The molecule has 2 aromatic carbocycles. The summed E-state index contributed by atoms with van der Waals surface area (Å²) in [4.78, 5) is 11.9. The molecular weight excluding hydrogens is 245 g/mol. The van der Waals surface area contributed by atoms with Gasteiger partial charge in [-0.05, 0) is 36.4 Å². The van der Waals surface area contributed by atoms with Gasteiger partial charge in [0.2, 0.25) is 0 Å². The molecule has 4 nitrogen and oxygen atoms in total. The Balaban J connectivity index is 2.23. The van der Waals surface area contributed by atoms with Crippen LogP contribution in [0.15, 0.2) is 42.5 Å². The minimum atomic E-state index is -0.686. The van der Waals surface area contributed by atoms with E-state index in [0.717, 1.165) is 6.07 Å². The van der Waals surface area contributed by atoms with Crippen LogP contribution in [0.3, 0.4) is 0 Å². The lowest BCUT2D eigenvalue weighted by Crippen LogP contribution is -2.14. The predicted molar refractivity (Wildman–Crippen MR) is 69.9 cm³/mol. The zero-order valence-corrected chi connectivity index (χ0v) is 9.85. The second-order valence-electron chi connectivity index (χ2n) is 3.89. The summed E-state index contributed by atoms with van der Waals surface area (Å²) in [5, 5.41) is 11.3. The quantitative estimate of drug-likeness (QED) is 0.809. The SMILES string of the molecule is N#Cc1cccc(NC(=O)c2ccc(N)cc2F)c1. The van der Waals surface area contributed by atoms with Crippen LogP contribution in [0.5, 0.6) is 0 Å². The number of hydrogen-bond acceptors (Lipinski definition) is 3. The van der Waals surface area contributed by atoms with Gasteiger partial charge in [0.15, 0.2) is 0 Å². The maximum absolute atomic E-state index is 13.6. The third kappa shape index (κ3) is 2.87. The van der Waals surface area contributed by atoms with Crippen LogP contribution >= 0.6 is 0 Å². The molecule has 0 heterocycles. The lowest BCUT2D eigenvalue weighted by molar-refractivity contribution is 0.102. The molecule has 3 N–H and O–H groups in total. The van der Waals surface area contributed by atoms with Crippen LogP contribution in [0.2, 0.25) is 0 Å². The van der Waals surface area contributed by atoms with Crippen molar-refractivity contribution in [3.63, 3.8) is 0 Å². The molecular formula is C14H10FN3O. The lowest BCUT2D eigenvalue weighted by atomic mass is 10.1. The first-order chi connectivity index (χ1) is 9.10. The zero-order valence-electron chi connectivity index (χ0n) is 9.85. The molecule has 94 valence electrons. The largest absolute Gasteiger partial charge is 0.399 e. The van der Waals surface area contributed by atoms with E-state index in [4.69, 9.17) is 11.0 Å². The highest BCUT2D eigenvalue weighted by molar-refractivity contribution is 6.04. The summed E-state index contributed by atoms with van der Waals surface area (Å²) in [5.41, 5.74) is 6.40. The number of carbonyl (C=O) groups excluding carboxylic acids is 1. The highest BCUT2D eigenvalue weighted by Gasteiger charge is 2.12. The summed E-state index contributed by atoms with van der Waals surface area (Å²) in [5.74, 6) is -1.28. The van der Waals surface area contributed by atoms with Gasteiger partial charge < -0.3 is 11.1 Å². The van der Waals surface area contributed by atoms with E-state index in [1.165, 1.54) is 18.2 Å². The molecule has 0 fully saturated rings.